The third-order valence-corrected chi connectivity index (χ3v) is 2.48. The van der Waals surface area contributed by atoms with Crippen LogP contribution in [-0.4, -0.2) is 26.3 Å². The van der Waals surface area contributed by atoms with Gasteiger partial charge in [-0.2, -0.15) is 0 Å². The molecule has 3 heteroatoms. The zero-order chi connectivity index (χ0) is 9.80. The first kappa shape index (κ1) is 9.62. The first-order valence-electron chi connectivity index (χ1n) is 4.91. The summed E-state index contributed by atoms with van der Waals surface area (Å²) in [5.41, 5.74) is 0.752. The predicted molar refractivity (Wildman–Crippen MR) is 52.8 cm³/mol. The van der Waals surface area contributed by atoms with E-state index in [-0.39, 0.29) is 11.7 Å². The normalized spacial score (nSPS) is 23.1. The number of nitrogens with one attached hydrogen (secondary N) is 1. The van der Waals surface area contributed by atoms with Gasteiger partial charge in [-0.15, -0.1) is 0 Å². The molecule has 0 aromatic heterocycles. The molecule has 1 N–H and O–H groups in total. The van der Waals surface area contributed by atoms with Gasteiger partial charge in [0.05, 0.1) is 13.2 Å². The lowest BCUT2D eigenvalue weighted by molar-refractivity contribution is 0.140. The van der Waals surface area contributed by atoms with E-state index in [0.29, 0.717) is 13.2 Å². The summed E-state index contributed by atoms with van der Waals surface area (Å²) in [4.78, 5) is 0. The summed E-state index contributed by atoms with van der Waals surface area (Å²) < 4.78 is 18.8. The van der Waals surface area contributed by atoms with Gasteiger partial charge in [0.25, 0.3) is 0 Å². The van der Waals surface area contributed by atoms with Crippen LogP contribution in [0.25, 0.3) is 0 Å². The average molecular weight is 195 g/mol. The molecule has 0 bridgehead atoms. The highest BCUT2D eigenvalue weighted by atomic mass is 19.1. The Balaban J connectivity index is 2.16. The van der Waals surface area contributed by atoms with Crippen LogP contribution in [0.5, 0.6) is 0 Å². The molecule has 1 atom stereocenters. The highest BCUT2D eigenvalue weighted by molar-refractivity contribution is 5.22. The van der Waals surface area contributed by atoms with Crippen molar-refractivity contribution in [2.45, 2.75) is 5.92 Å². The van der Waals surface area contributed by atoms with Gasteiger partial charge in [-0.25, -0.2) is 4.39 Å². The number of ether oxygens (including phenoxy) is 1. The van der Waals surface area contributed by atoms with Crippen molar-refractivity contribution in [3.8, 4) is 0 Å². The summed E-state index contributed by atoms with van der Waals surface area (Å²) in [5.74, 6) is 0.00324. The van der Waals surface area contributed by atoms with Crippen molar-refractivity contribution in [3.05, 3.63) is 35.6 Å². The molecule has 0 aliphatic carbocycles. The van der Waals surface area contributed by atoms with Gasteiger partial charge in [0.1, 0.15) is 5.82 Å². The van der Waals surface area contributed by atoms with Crippen LogP contribution in [0.2, 0.25) is 0 Å². The minimum absolute atomic E-state index is 0.134. The molecule has 14 heavy (non-hydrogen) atoms. The third-order valence-electron chi connectivity index (χ3n) is 2.48. The lowest BCUT2D eigenvalue weighted by Gasteiger charge is -2.14. The van der Waals surface area contributed by atoms with E-state index < -0.39 is 0 Å². The Morgan fingerprint density at radius 3 is 3.07 bits per heavy atom. The molecule has 0 radical (unpaired) electrons. The minimum atomic E-state index is -0.134. The average Bonchev–Trinajstić information content (AvgIpc) is 2.47. The standard InChI is InChI=1S/C11H14FNO/c12-11-4-2-1-3-10(11)9-7-13-5-6-14-8-9/h1-4,9,13H,5-8H2. The highest BCUT2D eigenvalue weighted by Crippen LogP contribution is 2.19. The highest BCUT2D eigenvalue weighted by Gasteiger charge is 2.17. The van der Waals surface area contributed by atoms with Gasteiger partial charge in [0.15, 0.2) is 0 Å². The van der Waals surface area contributed by atoms with Crippen LogP contribution >= 0.6 is 0 Å². The van der Waals surface area contributed by atoms with Gasteiger partial charge >= 0.3 is 0 Å². The van der Waals surface area contributed by atoms with E-state index in [1.807, 2.05) is 12.1 Å². The molecule has 1 aliphatic rings. The lowest BCUT2D eigenvalue weighted by Crippen LogP contribution is -2.22. The molecule has 1 aromatic carbocycles. The topological polar surface area (TPSA) is 21.3 Å². The van der Waals surface area contributed by atoms with Crippen molar-refractivity contribution in [3.63, 3.8) is 0 Å². The zero-order valence-corrected chi connectivity index (χ0v) is 8.00. The molecule has 1 fully saturated rings. The van der Waals surface area contributed by atoms with E-state index in [9.17, 15) is 4.39 Å². The molecule has 0 saturated carbocycles. The fraction of sp³-hybridized carbons (Fsp3) is 0.455. The van der Waals surface area contributed by atoms with Crippen molar-refractivity contribution in [1.82, 2.24) is 5.32 Å². The van der Waals surface area contributed by atoms with Gasteiger partial charge in [0, 0.05) is 19.0 Å². The maximum atomic E-state index is 13.4. The van der Waals surface area contributed by atoms with Crippen LogP contribution in [0.1, 0.15) is 11.5 Å². The van der Waals surface area contributed by atoms with E-state index in [1.54, 1.807) is 6.07 Å². The maximum absolute atomic E-state index is 13.4. The van der Waals surface area contributed by atoms with Crippen LogP contribution < -0.4 is 5.32 Å². The lowest BCUT2D eigenvalue weighted by atomic mass is 9.99. The molecule has 1 heterocycles. The van der Waals surface area contributed by atoms with E-state index in [0.717, 1.165) is 18.7 Å². The third kappa shape index (κ3) is 2.11. The summed E-state index contributed by atoms with van der Waals surface area (Å²) in [6.45, 7) is 2.96. The van der Waals surface area contributed by atoms with Crippen LogP contribution in [0.4, 0.5) is 4.39 Å². The summed E-state index contributed by atoms with van der Waals surface area (Å²) >= 11 is 0. The van der Waals surface area contributed by atoms with E-state index in [4.69, 9.17) is 4.74 Å². The van der Waals surface area contributed by atoms with Crippen molar-refractivity contribution in [2.24, 2.45) is 0 Å². The smallest absolute Gasteiger partial charge is 0.126 e. The second kappa shape index (κ2) is 4.53. The van der Waals surface area contributed by atoms with Gasteiger partial charge < -0.3 is 10.1 Å². The molecule has 1 aromatic rings. The van der Waals surface area contributed by atoms with Gasteiger partial charge in [-0.1, -0.05) is 18.2 Å². The second-order valence-corrected chi connectivity index (χ2v) is 3.50. The fourth-order valence-corrected chi connectivity index (χ4v) is 1.71. The van der Waals surface area contributed by atoms with E-state index in [1.165, 1.54) is 6.07 Å². The number of hydrogen-bond donors (Lipinski definition) is 1. The van der Waals surface area contributed by atoms with Crippen molar-refractivity contribution >= 4 is 0 Å². The Labute approximate surface area is 83.1 Å². The van der Waals surface area contributed by atoms with E-state index in [2.05, 4.69) is 5.32 Å². The Kier molecular flexibility index (Phi) is 3.11. The molecule has 1 saturated heterocycles. The number of rotatable bonds is 1. The van der Waals surface area contributed by atoms with Crippen molar-refractivity contribution < 1.29 is 9.13 Å². The second-order valence-electron chi connectivity index (χ2n) is 3.50. The van der Waals surface area contributed by atoms with Crippen LogP contribution in [0.3, 0.4) is 0 Å². The summed E-state index contributed by atoms with van der Waals surface area (Å²) in [6, 6.07) is 6.91. The monoisotopic (exact) mass is 195 g/mol. The quantitative estimate of drug-likeness (QED) is 0.733. The summed E-state index contributed by atoms with van der Waals surface area (Å²) in [7, 11) is 0. The van der Waals surface area contributed by atoms with Gasteiger partial charge in [-0.3, -0.25) is 0 Å². The molecule has 0 amide bonds. The molecule has 1 aliphatic heterocycles. The summed E-state index contributed by atoms with van der Waals surface area (Å²) in [6.07, 6.45) is 0. The van der Waals surface area contributed by atoms with Crippen LogP contribution in [0.15, 0.2) is 24.3 Å². The molecular formula is C11H14FNO. The first-order chi connectivity index (χ1) is 6.88. The SMILES string of the molecule is Fc1ccccc1C1CNCCOC1. The van der Waals surface area contributed by atoms with Crippen LogP contribution in [-0.2, 0) is 4.74 Å². The van der Waals surface area contributed by atoms with Gasteiger partial charge in [-0.05, 0) is 11.6 Å². The minimum Gasteiger partial charge on any atom is -0.379 e. The maximum Gasteiger partial charge on any atom is 0.126 e. The molecular weight excluding hydrogens is 181 g/mol. The molecule has 76 valence electrons. The molecule has 0 spiro atoms. The Hall–Kier alpha value is -0.930. The molecule has 2 rings (SSSR count). The zero-order valence-electron chi connectivity index (χ0n) is 8.00. The predicted octanol–water partition coefficient (Wildman–Crippen LogP) is 1.53. The van der Waals surface area contributed by atoms with E-state index >= 15 is 0 Å². The van der Waals surface area contributed by atoms with Crippen molar-refractivity contribution in [2.75, 3.05) is 26.3 Å². The molecule has 1 unspecified atom stereocenters. The largest absolute Gasteiger partial charge is 0.379 e. The number of benzene rings is 1. The summed E-state index contributed by atoms with van der Waals surface area (Å²) in [5, 5.41) is 3.23. The van der Waals surface area contributed by atoms with Crippen LogP contribution in [0, 0.1) is 5.82 Å². The Bertz CT molecular complexity index is 295. The number of halogens is 1. The Morgan fingerprint density at radius 1 is 1.36 bits per heavy atom. The number of hydrogen-bond acceptors (Lipinski definition) is 2. The van der Waals surface area contributed by atoms with Gasteiger partial charge in [0.2, 0.25) is 0 Å². The first-order valence-corrected chi connectivity index (χ1v) is 4.91. The Morgan fingerprint density at radius 2 is 2.21 bits per heavy atom. The molecule has 2 nitrogen and oxygen atoms in total. The van der Waals surface area contributed by atoms with Crippen molar-refractivity contribution in [1.29, 1.82) is 0 Å². The fourth-order valence-electron chi connectivity index (χ4n) is 1.71.